The van der Waals surface area contributed by atoms with Crippen molar-refractivity contribution in [3.63, 3.8) is 0 Å². The molecule has 1 aliphatic carbocycles. The Morgan fingerprint density at radius 2 is 1.87 bits per heavy atom. The Bertz CT molecular complexity index is 1100. The zero-order valence-electron chi connectivity index (χ0n) is 17.3. The number of nitrogens with one attached hydrogen (secondary N) is 2. The lowest BCUT2D eigenvalue weighted by Crippen LogP contribution is -2.25. The third-order valence-electron chi connectivity index (χ3n) is 5.19. The van der Waals surface area contributed by atoms with Crippen LogP contribution in [-0.2, 0) is 11.2 Å². The molecule has 31 heavy (non-hydrogen) atoms. The minimum absolute atomic E-state index is 0.154. The average Bonchev–Trinajstić information content (AvgIpc) is 3.21. The molecule has 2 N–H and O–H groups in total. The van der Waals surface area contributed by atoms with E-state index in [4.69, 9.17) is 9.47 Å². The summed E-state index contributed by atoms with van der Waals surface area (Å²) in [6.07, 6.45) is 2.43. The van der Waals surface area contributed by atoms with Gasteiger partial charge >= 0.3 is 0 Å². The summed E-state index contributed by atoms with van der Waals surface area (Å²) in [6.45, 7) is 0. The Morgan fingerprint density at radius 3 is 2.61 bits per heavy atom. The van der Waals surface area contributed by atoms with Gasteiger partial charge < -0.3 is 14.8 Å². The minimum atomic E-state index is -0.390. The van der Waals surface area contributed by atoms with Crippen LogP contribution in [0.2, 0.25) is 0 Å². The first-order valence-corrected chi connectivity index (χ1v) is 10.8. The van der Waals surface area contributed by atoms with Crippen LogP contribution in [0.25, 0.3) is 0 Å². The zero-order valence-corrected chi connectivity index (χ0v) is 18.1. The van der Waals surface area contributed by atoms with Crippen LogP contribution < -0.4 is 20.1 Å². The molecule has 0 aliphatic heterocycles. The third-order valence-corrected chi connectivity index (χ3v) is 6.24. The molecule has 8 heteroatoms. The first-order valence-electron chi connectivity index (χ1n) is 9.98. The van der Waals surface area contributed by atoms with Crippen molar-refractivity contribution in [3.8, 4) is 11.5 Å². The standard InChI is InChI=1S/C23H23N3O4S/c1-29-15-11-12-18(30-2)17(13-15)24-22(28)16-9-6-10-19-20(16)25-23(31-19)26-21(27)14-7-4-3-5-8-14/h3-5,7-8,11-13,16H,6,9-10H2,1-2H3,(H,24,28)(H,25,26,27). The summed E-state index contributed by atoms with van der Waals surface area (Å²) in [6, 6.07) is 14.2. The Kier molecular flexibility index (Phi) is 6.18. The number of fused-ring (bicyclic) bond motifs is 1. The summed E-state index contributed by atoms with van der Waals surface area (Å²) in [5, 5.41) is 6.33. The number of hydrogen-bond acceptors (Lipinski definition) is 6. The van der Waals surface area contributed by atoms with Crippen LogP contribution in [0, 0.1) is 0 Å². The summed E-state index contributed by atoms with van der Waals surface area (Å²) in [5.41, 5.74) is 1.85. The molecule has 1 heterocycles. The molecule has 1 aliphatic rings. The number of thiazole rings is 1. The molecule has 2 aromatic carbocycles. The van der Waals surface area contributed by atoms with E-state index >= 15 is 0 Å². The van der Waals surface area contributed by atoms with Gasteiger partial charge in [-0.15, -0.1) is 11.3 Å². The molecule has 3 aromatic rings. The second kappa shape index (κ2) is 9.18. The number of methoxy groups -OCH3 is 2. The van der Waals surface area contributed by atoms with E-state index in [-0.39, 0.29) is 11.8 Å². The maximum atomic E-state index is 13.1. The molecule has 1 atom stereocenters. The van der Waals surface area contributed by atoms with Gasteiger partial charge in [0.1, 0.15) is 11.5 Å². The van der Waals surface area contributed by atoms with Gasteiger partial charge in [0.25, 0.3) is 5.91 Å². The van der Waals surface area contributed by atoms with Crippen LogP contribution in [0.5, 0.6) is 11.5 Å². The third kappa shape index (κ3) is 4.54. The van der Waals surface area contributed by atoms with E-state index in [2.05, 4.69) is 15.6 Å². The molecule has 0 saturated carbocycles. The number of hydrogen-bond donors (Lipinski definition) is 2. The van der Waals surface area contributed by atoms with E-state index in [0.29, 0.717) is 34.3 Å². The van der Waals surface area contributed by atoms with Gasteiger partial charge in [0, 0.05) is 16.5 Å². The number of nitrogens with zero attached hydrogens (tertiary/aromatic N) is 1. The Labute approximate surface area is 184 Å². The topological polar surface area (TPSA) is 89.5 Å². The quantitative estimate of drug-likeness (QED) is 0.594. The molecule has 1 unspecified atom stereocenters. The molecule has 0 spiro atoms. The summed E-state index contributed by atoms with van der Waals surface area (Å²) < 4.78 is 10.6. The van der Waals surface area contributed by atoms with Gasteiger partial charge in [-0.1, -0.05) is 18.2 Å². The smallest absolute Gasteiger partial charge is 0.257 e. The van der Waals surface area contributed by atoms with Crippen molar-refractivity contribution in [1.29, 1.82) is 0 Å². The molecular formula is C23H23N3O4S. The number of carbonyl (C=O) groups excluding carboxylic acids is 2. The number of rotatable bonds is 6. The van der Waals surface area contributed by atoms with E-state index in [1.165, 1.54) is 11.3 Å². The molecule has 4 rings (SSSR count). The fraction of sp³-hybridized carbons (Fsp3) is 0.261. The normalized spacial score (nSPS) is 15.0. The van der Waals surface area contributed by atoms with E-state index in [9.17, 15) is 9.59 Å². The second-order valence-corrected chi connectivity index (χ2v) is 8.23. The lowest BCUT2D eigenvalue weighted by molar-refractivity contribution is -0.118. The van der Waals surface area contributed by atoms with Crippen LogP contribution >= 0.6 is 11.3 Å². The van der Waals surface area contributed by atoms with Gasteiger partial charge in [-0.2, -0.15) is 0 Å². The number of aryl methyl sites for hydroxylation is 1. The predicted molar refractivity (Wildman–Crippen MR) is 120 cm³/mol. The molecule has 160 valence electrons. The van der Waals surface area contributed by atoms with Crippen molar-refractivity contribution in [2.75, 3.05) is 24.9 Å². The zero-order chi connectivity index (χ0) is 21.8. The number of amides is 2. The molecule has 0 radical (unpaired) electrons. The van der Waals surface area contributed by atoms with Crippen molar-refractivity contribution in [1.82, 2.24) is 4.98 Å². The van der Waals surface area contributed by atoms with Crippen molar-refractivity contribution < 1.29 is 19.1 Å². The monoisotopic (exact) mass is 437 g/mol. The van der Waals surface area contributed by atoms with Crippen molar-refractivity contribution >= 4 is 34.0 Å². The summed E-state index contributed by atoms with van der Waals surface area (Å²) in [4.78, 5) is 31.2. The minimum Gasteiger partial charge on any atom is -0.497 e. The highest BCUT2D eigenvalue weighted by molar-refractivity contribution is 7.16. The molecule has 0 bridgehead atoms. The highest BCUT2D eigenvalue weighted by Gasteiger charge is 2.31. The van der Waals surface area contributed by atoms with E-state index in [0.717, 1.165) is 23.4 Å². The SMILES string of the molecule is COc1ccc(OC)c(NC(=O)C2CCCc3sc(NC(=O)c4ccccc4)nc32)c1. The van der Waals surface area contributed by atoms with Gasteiger partial charge in [0.15, 0.2) is 5.13 Å². The van der Waals surface area contributed by atoms with E-state index in [1.54, 1.807) is 44.6 Å². The number of aromatic nitrogens is 1. The van der Waals surface area contributed by atoms with Crippen LogP contribution in [-0.4, -0.2) is 31.0 Å². The first kappa shape index (κ1) is 20.9. The van der Waals surface area contributed by atoms with E-state index < -0.39 is 5.92 Å². The molecule has 2 amide bonds. The van der Waals surface area contributed by atoms with Crippen LogP contribution in [0.15, 0.2) is 48.5 Å². The maximum Gasteiger partial charge on any atom is 0.257 e. The van der Waals surface area contributed by atoms with Crippen molar-refractivity contribution in [3.05, 3.63) is 64.7 Å². The summed E-state index contributed by atoms with van der Waals surface area (Å²) >= 11 is 1.43. The Hall–Kier alpha value is -3.39. The largest absolute Gasteiger partial charge is 0.497 e. The number of carbonyl (C=O) groups is 2. The summed E-state index contributed by atoms with van der Waals surface area (Å²) in [5.74, 6) is 0.421. The molecule has 1 aromatic heterocycles. The van der Waals surface area contributed by atoms with Crippen LogP contribution in [0.4, 0.5) is 10.8 Å². The van der Waals surface area contributed by atoms with Gasteiger partial charge in [-0.3, -0.25) is 14.9 Å². The molecule has 0 fully saturated rings. The molecule has 0 saturated heterocycles. The Morgan fingerprint density at radius 1 is 1.06 bits per heavy atom. The first-order chi connectivity index (χ1) is 15.1. The maximum absolute atomic E-state index is 13.1. The number of anilines is 2. The second-order valence-electron chi connectivity index (χ2n) is 7.15. The van der Waals surface area contributed by atoms with Crippen molar-refractivity contribution in [2.45, 2.75) is 25.2 Å². The summed E-state index contributed by atoms with van der Waals surface area (Å²) in [7, 11) is 3.12. The van der Waals surface area contributed by atoms with Crippen molar-refractivity contribution in [2.24, 2.45) is 0 Å². The highest BCUT2D eigenvalue weighted by atomic mass is 32.1. The van der Waals surface area contributed by atoms with Crippen LogP contribution in [0.3, 0.4) is 0 Å². The lowest BCUT2D eigenvalue weighted by Gasteiger charge is -2.21. The van der Waals surface area contributed by atoms with Crippen LogP contribution in [0.1, 0.15) is 39.7 Å². The predicted octanol–water partition coefficient (Wildman–Crippen LogP) is 4.47. The van der Waals surface area contributed by atoms with Gasteiger partial charge in [-0.05, 0) is 43.5 Å². The number of ether oxygens (including phenoxy) is 2. The van der Waals surface area contributed by atoms with Gasteiger partial charge in [0.2, 0.25) is 5.91 Å². The molecular weight excluding hydrogens is 414 g/mol. The number of benzene rings is 2. The molecule has 7 nitrogen and oxygen atoms in total. The highest BCUT2D eigenvalue weighted by Crippen LogP contribution is 2.38. The average molecular weight is 438 g/mol. The Balaban J connectivity index is 1.53. The lowest BCUT2D eigenvalue weighted by atomic mass is 9.90. The van der Waals surface area contributed by atoms with Gasteiger partial charge in [0.05, 0.1) is 31.5 Å². The van der Waals surface area contributed by atoms with Gasteiger partial charge in [-0.25, -0.2) is 4.98 Å². The fourth-order valence-corrected chi connectivity index (χ4v) is 4.68. The fourth-order valence-electron chi connectivity index (χ4n) is 3.62. The van der Waals surface area contributed by atoms with E-state index in [1.807, 2.05) is 18.2 Å².